The number of nitrogens with zero attached hydrogens (tertiary/aromatic N) is 2. The van der Waals surface area contributed by atoms with Crippen LogP contribution in [0.2, 0.25) is 0 Å². The van der Waals surface area contributed by atoms with Crippen LogP contribution in [0.4, 0.5) is 11.4 Å². The molecular weight excluding hydrogens is 380 g/mol. The fourth-order valence-corrected chi connectivity index (χ4v) is 3.98. The Morgan fingerprint density at radius 2 is 1.85 bits per heavy atom. The van der Waals surface area contributed by atoms with Crippen molar-refractivity contribution in [1.29, 1.82) is 0 Å². The number of hydrogen-bond acceptors (Lipinski definition) is 6. The smallest absolute Gasteiger partial charge is 0.257 e. The van der Waals surface area contributed by atoms with Gasteiger partial charge in [-0.05, 0) is 43.7 Å². The molecular formula is C19H18N4O2S2. The van der Waals surface area contributed by atoms with Crippen LogP contribution >= 0.6 is 23.1 Å². The van der Waals surface area contributed by atoms with Crippen molar-refractivity contribution in [2.45, 2.75) is 18.2 Å². The molecule has 0 unspecified atom stereocenters. The number of aryl methyl sites for hydroxylation is 2. The minimum atomic E-state index is -0.274. The Labute approximate surface area is 165 Å². The van der Waals surface area contributed by atoms with Gasteiger partial charge in [0.1, 0.15) is 5.01 Å². The van der Waals surface area contributed by atoms with Gasteiger partial charge >= 0.3 is 0 Å². The average Bonchev–Trinajstić information content (AvgIpc) is 3.06. The number of benzene rings is 2. The largest absolute Gasteiger partial charge is 0.325 e. The number of thioether (sulfide) groups is 1. The number of anilines is 2. The zero-order valence-corrected chi connectivity index (χ0v) is 16.5. The van der Waals surface area contributed by atoms with Crippen LogP contribution in [-0.2, 0) is 4.79 Å². The van der Waals surface area contributed by atoms with E-state index in [1.54, 1.807) is 24.3 Å². The summed E-state index contributed by atoms with van der Waals surface area (Å²) in [6, 6.07) is 14.5. The van der Waals surface area contributed by atoms with Gasteiger partial charge in [0.2, 0.25) is 5.91 Å². The van der Waals surface area contributed by atoms with E-state index >= 15 is 0 Å². The highest BCUT2D eigenvalue weighted by Gasteiger charge is 2.14. The number of nitrogens with one attached hydrogen (secondary N) is 2. The Morgan fingerprint density at radius 1 is 1.04 bits per heavy atom. The van der Waals surface area contributed by atoms with E-state index in [1.807, 2.05) is 38.1 Å². The second kappa shape index (κ2) is 8.79. The summed E-state index contributed by atoms with van der Waals surface area (Å²) in [7, 11) is 0. The Bertz CT molecular complexity index is 972. The number of rotatable bonds is 6. The van der Waals surface area contributed by atoms with Gasteiger partial charge in [0, 0.05) is 5.69 Å². The van der Waals surface area contributed by atoms with Crippen molar-refractivity contribution >= 4 is 46.3 Å². The van der Waals surface area contributed by atoms with Gasteiger partial charge in [0.15, 0.2) is 4.34 Å². The van der Waals surface area contributed by atoms with Crippen LogP contribution in [0.25, 0.3) is 0 Å². The van der Waals surface area contributed by atoms with E-state index in [0.717, 1.165) is 14.9 Å². The van der Waals surface area contributed by atoms with Crippen LogP contribution in [0.5, 0.6) is 0 Å². The number of amides is 2. The molecule has 0 spiro atoms. The number of carbonyl (C=O) groups is 2. The van der Waals surface area contributed by atoms with Crippen LogP contribution in [0, 0.1) is 13.8 Å². The molecule has 0 bridgehead atoms. The van der Waals surface area contributed by atoms with Crippen LogP contribution < -0.4 is 10.6 Å². The first-order chi connectivity index (χ1) is 13.0. The van der Waals surface area contributed by atoms with Crippen molar-refractivity contribution in [2.75, 3.05) is 16.4 Å². The highest BCUT2D eigenvalue weighted by atomic mass is 32.2. The number of carbonyl (C=O) groups excluding carboxylic acids is 2. The summed E-state index contributed by atoms with van der Waals surface area (Å²) in [4.78, 5) is 24.9. The molecule has 0 saturated carbocycles. The fourth-order valence-electron chi connectivity index (χ4n) is 2.36. The van der Waals surface area contributed by atoms with Crippen LogP contribution in [0.1, 0.15) is 20.9 Å². The molecule has 0 aliphatic heterocycles. The van der Waals surface area contributed by atoms with Gasteiger partial charge in [-0.1, -0.05) is 47.4 Å². The topological polar surface area (TPSA) is 84.0 Å². The normalized spacial score (nSPS) is 10.4. The van der Waals surface area contributed by atoms with Crippen molar-refractivity contribution in [2.24, 2.45) is 0 Å². The third-order valence-electron chi connectivity index (χ3n) is 3.56. The molecule has 3 aromatic rings. The van der Waals surface area contributed by atoms with E-state index in [1.165, 1.54) is 23.1 Å². The van der Waals surface area contributed by atoms with E-state index in [4.69, 9.17) is 0 Å². The van der Waals surface area contributed by atoms with Crippen LogP contribution in [0.15, 0.2) is 52.9 Å². The van der Waals surface area contributed by atoms with Crippen molar-refractivity contribution < 1.29 is 9.59 Å². The molecule has 27 heavy (non-hydrogen) atoms. The molecule has 0 aliphatic rings. The monoisotopic (exact) mass is 398 g/mol. The van der Waals surface area contributed by atoms with Crippen LogP contribution in [0.3, 0.4) is 0 Å². The molecule has 138 valence electrons. The zero-order chi connectivity index (χ0) is 19.2. The van der Waals surface area contributed by atoms with Gasteiger partial charge in [-0.25, -0.2) is 0 Å². The lowest BCUT2D eigenvalue weighted by Crippen LogP contribution is -2.19. The Kier molecular flexibility index (Phi) is 6.20. The SMILES string of the molecule is Cc1cccc(NC(=O)c2ccccc2NC(=O)CSc2nnc(C)s2)c1. The van der Waals surface area contributed by atoms with Crippen LogP contribution in [-0.4, -0.2) is 27.8 Å². The molecule has 2 amide bonds. The third-order valence-corrected chi connectivity index (χ3v) is 5.53. The van der Waals surface area contributed by atoms with E-state index in [9.17, 15) is 9.59 Å². The predicted molar refractivity (Wildman–Crippen MR) is 110 cm³/mol. The maximum absolute atomic E-state index is 12.6. The summed E-state index contributed by atoms with van der Waals surface area (Å²) in [5.41, 5.74) is 2.65. The lowest BCUT2D eigenvalue weighted by atomic mass is 10.1. The van der Waals surface area contributed by atoms with E-state index < -0.39 is 0 Å². The lowest BCUT2D eigenvalue weighted by Gasteiger charge is -2.11. The second-order valence-corrected chi connectivity index (χ2v) is 8.20. The molecule has 1 aromatic heterocycles. The quantitative estimate of drug-likeness (QED) is 0.610. The van der Waals surface area contributed by atoms with Crippen molar-refractivity contribution in [3.63, 3.8) is 0 Å². The van der Waals surface area contributed by atoms with E-state index in [0.29, 0.717) is 16.9 Å². The molecule has 0 fully saturated rings. The Balaban J connectivity index is 1.66. The summed E-state index contributed by atoms with van der Waals surface area (Å²) in [5, 5.41) is 14.4. The summed E-state index contributed by atoms with van der Waals surface area (Å²) < 4.78 is 0.744. The molecule has 1 heterocycles. The summed E-state index contributed by atoms with van der Waals surface area (Å²) in [6.45, 7) is 3.83. The first kappa shape index (κ1) is 19.1. The third kappa shape index (κ3) is 5.38. The second-order valence-electron chi connectivity index (χ2n) is 5.79. The highest BCUT2D eigenvalue weighted by molar-refractivity contribution is 8.01. The molecule has 2 N–H and O–H groups in total. The highest BCUT2D eigenvalue weighted by Crippen LogP contribution is 2.23. The minimum absolute atomic E-state index is 0.197. The summed E-state index contributed by atoms with van der Waals surface area (Å²) in [6.07, 6.45) is 0. The van der Waals surface area contributed by atoms with Crippen molar-refractivity contribution in [3.8, 4) is 0 Å². The van der Waals surface area contributed by atoms with Gasteiger partial charge in [-0.2, -0.15) is 0 Å². The number of aromatic nitrogens is 2. The number of para-hydroxylation sites is 1. The Hall–Kier alpha value is -2.71. The first-order valence-corrected chi connectivity index (χ1v) is 10.0. The minimum Gasteiger partial charge on any atom is -0.325 e. The molecule has 3 rings (SSSR count). The average molecular weight is 399 g/mol. The van der Waals surface area contributed by atoms with E-state index in [-0.39, 0.29) is 17.6 Å². The fraction of sp³-hybridized carbons (Fsp3) is 0.158. The maximum Gasteiger partial charge on any atom is 0.257 e. The summed E-state index contributed by atoms with van der Waals surface area (Å²) >= 11 is 2.76. The van der Waals surface area contributed by atoms with Gasteiger partial charge in [-0.3, -0.25) is 9.59 Å². The molecule has 0 radical (unpaired) electrons. The maximum atomic E-state index is 12.6. The predicted octanol–water partition coefficient (Wildman–Crippen LogP) is 4.14. The van der Waals surface area contributed by atoms with Gasteiger partial charge in [0.25, 0.3) is 5.91 Å². The first-order valence-electron chi connectivity index (χ1n) is 8.21. The standard InChI is InChI=1S/C19H18N4O2S2/c1-12-6-5-7-14(10-12)20-18(25)15-8-3-4-9-16(15)21-17(24)11-26-19-23-22-13(2)27-19/h3-10H,11H2,1-2H3,(H,20,25)(H,21,24). The molecule has 0 atom stereocenters. The molecule has 8 heteroatoms. The molecule has 0 saturated heterocycles. The van der Waals surface area contributed by atoms with Gasteiger partial charge in [0.05, 0.1) is 17.0 Å². The zero-order valence-electron chi connectivity index (χ0n) is 14.9. The van der Waals surface area contributed by atoms with E-state index in [2.05, 4.69) is 20.8 Å². The number of hydrogen-bond donors (Lipinski definition) is 2. The lowest BCUT2D eigenvalue weighted by molar-refractivity contribution is -0.113. The summed E-state index contributed by atoms with van der Waals surface area (Å²) in [5.74, 6) is -0.282. The molecule has 0 aliphatic carbocycles. The molecule has 2 aromatic carbocycles. The molecule has 6 nitrogen and oxygen atoms in total. The van der Waals surface area contributed by atoms with Gasteiger partial charge in [-0.15, -0.1) is 10.2 Å². The van der Waals surface area contributed by atoms with Crippen molar-refractivity contribution in [3.05, 3.63) is 64.7 Å². The Morgan fingerprint density at radius 3 is 2.59 bits per heavy atom. The van der Waals surface area contributed by atoms with Gasteiger partial charge < -0.3 is 10.6 Å². The van der Waals surface area contributed by atoms with Crippen molar-refractivity contribution in [1.82, 2.24) is 10.2 Å².